The number of para-hydroxylation sites is 4. The number of aromatic nitrogens is 2. The lowest BCUT2D eigenvalue weighted by Gasteiger charge is -2.46. The highest BCUT2D eigenvalue weighted by molar-refractivity contribution is 7.00. The monoisotopic (exact) mass is 1350 g/mol. The molecule has 5 heteroatoms. The molecule has 2 aliphatic rings. The molecule has 510 valence electrons. The number of hydrogen-bond acceptors (Lipinski definition) is 2. The minimum Gasteiger partial charge on any atom is -0.310 e. The molecule has 0 unspecified atom stereocenters. The third-order valence-corrected chi connectivity index (χ3v) is 22.5. The largest absolute Gasteiger partial charge is 0.310 e. The molecule has 0 radical (unpaired) electrons. The maximum Gasteiger partial charge on any atom is 0.252 e. The van der Waals surface area contributed by atoms with E-state index < -0.39 is 0 Å². The van der Waals surface area contributed by atoms with E-state index in [1.165, 1.54) is 87.8 Å². The van der Waals surface area contributed by atoms with E-state index in [0.29, 0.717) is 0 Å². The van der Waals surface area contributed by atoms with E-state index in [2.05, 4.69) is 411 Å². The Morgan fingerprint density at radius 3 is 0.867 bits per heavy atom. The molecule has 105 heavy (non-hydrogen) atoms. The zero-order valence-electron chi connectivity index (χ0n) is 62.3. The van der Waals surface area contributed by atoms with E-state index in [1.54, 1.807) is 0 Å². The van der Waals surface area contributed by atoms with Crippen LogP contribution in [-0.4, -0.2) is 15.8 Å². The van der Waals surface area contributed by atoms with Crippen LogP contribution in [0.1, 0.15) is 105 Å². The summed E-state index contributed by atoms with van der Waals surface area (Å²) < 4.78 is 5.02. The zero-order valence-corrected chi connectivity index (χ0v) is 62.3. The molecule has 0 saturated carbocycles. The highest BCUT2D eigenvalue weighted by Gasteiger charge is 2.47. The first-order chi connectivity index (χ1) is 50.7. The second kappa shape index (κ2) is 24.5. The molecule has 0 saturated heterocycles. The molecule has 0 amide bonds. The summed E-state index contributed by atoms with van der Waals surface area (Å²) in [5, 5.41) is 4.91. The number of rotatable bonds is 9. The molecule has 4 heterocycles. The van der Waals surface area contributed by atoms with Gasteiger partial charge in [0.1, 0.15) is 0 Å². The summed E-state index contributed by atoms with van der Waals surface area (Å²) in [5.74, 6) is 0. The van der Waals surface area contributed by atoms with Crippen molar-refractivity contribution >= 4 is 101 Å². The van der Waals surface area contributed by atoms with Crippen LogP contribution in [0, 0.1) is 0 Å². The molecule has 0 spiro atoms. The highest BCUT2D eigenvalue weighted by Crippen LogP contribution is 2.56. The molecule has 14 aromatic carbocycles. The average molecular weight is 1360 g/mol. The van der Waals surface area contributed by atoms with Crippen LogP contribution in [-0.2, 0) is 21.7 Å². The average Bonchev–Trinajstić information content (AvgIpc) is 1.27. The van der Waals surface area contributed by atoms with Crippen molar-refractivity contribution in [1.82, 2.24) is 9.13 Å². The summed E-state index contributed by atoms with van der Waals surface area (Å²) in [6.07, 6.45) is 0. The predicted octanol–water partition coefficient (Wildman–Crippen LogP) is 25.5. The van der Waals surface area contributed by atoms with E-state index in [9.17, 15) is 0 Å². The smallest absolute Gasteiger partial charge is 0.252 e. The van der Waals surface area contributed by atoms with Crippen molar-refractivity contribution in [3.05, 3.63) is 332 Å². The first kappa shape index (κ1) is 65.4. The maximum absolute atomic E-state index is 2.75. The molecule has 2 aromatic heterocycles. The Kier molecular flexibility index (Phi) is 15.3. The van der Waals surface area contributed by atoms with Crippen molar-refractivity contribution < 1.29 is 0 Å². The minimum absolute atomic E-state index is 0.0986. The lowest BCUT2D eigenvalue weighted by Crippen LogP contribution is -2.61. The quantitative estimate of drug-likeness (QED) is 0.134. The van der Waals surface area contributed by atoms with Gasteiger partial charge in [-0.2, -0.15) is 0 Å². The topological polar surface area (TPSA) is 16.3 Å². The first-order valence-electron chi connectivity index (χ1n) is 37.4. The van der Waals surface area contributed by atoms with E-state index in [1.807, 2.05) is 0 Å². The van der Waals surface area contributed by atoms with Crippen molar-refractivity contribution in [3.8, 4) is 67.0 Å². The van der Waals surface area contributed by atoms with Gasteiger partial charge < -0.3 is 18.9 Å². The number of anilines is 6. The maximum atomic E-state index is 2.75. The van der Waals surface area contributed by atoms with Gasteiger partial charge in [0.15, 0.2) is 0 Å². The molecule has 16 aromatic rings. The molecule has 0 atom stereocenters. The van der Waals surface area contributed by atoms with Crippen molar-refractivity contribution in [1.29, 1.82) is 0 Å². The standard InChI is InChI=1S/C100H87BN4/c1-97(2,3)69-49-52-74(83(61-69)100(10,11)12)68-55-92-94-93(56-68)105(96-81(66-37-21-15-22-38-66)59-71(99(7,8)9)60-82(96)67-39-23-16-24-40-67)91-63-73(103-88-47-31-27-43-77(88)78-44-28-32-48-89(78)103)51-54-85(91)101(94)84-53-50-72(102-86-45-29-25-41-75(86)76-42-26-30-46-87(76)102)62-90(84)104(92)95-79(64-33-17-13-18-34-64)57-70(98(4,5)6)58-80(95)65-35-19-14-20-36-65/h13-63H,1-12H3. The predicted molar refractivity (Wildman–Crippen MR) is 451 cm³/mol. The SMILES string of the molecule is CC(C)(C)c1cc(-c2ccccc2)c(N2c3cc(-n4c5ccccc5c5ccccc54)ccc3B3c4ccc(-n5c6ccccc6c6ccccc65)cc4N(c4c(-c5ccccc5)cc(C(C)(C)C)cc4-c4ccccc4)c4cc(-c5ccc(C(C)(C)C)cc5C(C)(C)C)cc2c43)c(-c2ccccc2)c1. The van der Waals surface area contributed by atoms with Crippen molar-refractivity contribution in [3.63, 3.8) is 0 Å². The Hall–Kier alpha value is -11.7. The minimum atomic E-state index is -0.269. The fourth-order valence-electron chi connectivity index (χ4n) is 17.1. The summed E-state index contributed by atoms with van der Waals surface area (Å²) in [6.45, 7) is 28.2. The summed E-state index contributed by atoms with van der Waals surface area (Å²) in [5.41, 5.74) is 33.3. The Labute approximate surface area is 619 Å². The normalized spacial score (nSPS) is 13.1. The van der Waals surface area contributed by atoms with E-state index >= 15 is 0 Å². The van der Waals surface area contributed by atoms with Crippen LogP contribution in [0.5, 0.6) is 0 Å². The van der Waals surface area contributed by atoms with Gasteiger partial charge in [-0.25, -0.2) is 0 Å². The Balaban J connectivity index is 1.07. The Bertz CT molecular complexity index is 5560. The van der Waals surface area contributed by atoms with Gasteiger partial charge in [-0.3, -0.25) is 0 Å². The van der Waals surface area contributed by atoms with Crippen LogP contribution in [0.2, 0.25) is 0 Å². The molecule has 0 aliphatic carbocycles. The number of fused-ring (bicyclic) bond motifs is 10. The molecular weight excluding hydrogens is 1270 g/mol. The lowest BCUT2D eigenvalue weighted by molar-refractivity contribution is 0.570. The second-order valence-corrected chi connectivity index (χ2v) is 33.3. The molecule has 2 aliphatic heterocycles. The second-order valence-electron chi connectivity index (χ2n) is 33.3. The Morgan fingerprint density at radius 1 is 0.238 bits per heavy atom. The van der Waals surface area contributed by atoms with Crippen LogP contribution in [0.15, 0.2) is 309 Å². The molecule has 18 rings (SSSR count). The molecule has 4 nitrogen and oxygen atoms in total. The molecular formula is C100H87BN4. The van der Waals surface area contributed by atoms with E-state index in [0.717, 1.165) is 95.6 Å². The summed E-state index contributed by atoms with van der Waals surface area (Å²) in [4.78, 5) is 5.50. The van der Waals surface area contributed by atoms with Gasteiger partial charge in [0.2, 0.25) is 0 Å². The van der Waals surface area contributed by atoms with Gasteiger partial charge in [-0.05, 0) is 179 Å². The van der Waals surface area contributed by atoms with Crippen molar-refractivity contribution in [2.24, 2.45) is 0 Å². The molecule has 0 fully saturated rings. The summed E-state index contributed by atoms with van der Waals surface area (Å²) in [6, 6.07) is 118. The third-order valence-electron chi connectivity index (χ3n) is 22.5. The number of nitrogens with zero attached hydrogens (tertiary/aromatic N) is 4. The van der Waals surface area contributed by atoms with Crippen LogP contribution in [0.4, 0.5) is 34.1 Å². The summed E-state index contributed by atoms with van der Waals surface area (Å²) >= 11 is 0. The molecule has 0 bridgehead atoms. The van der Waals surface area contributed by atoms with E-state index in [4.69, 9.17) is 0 Å². The van der Waals surface area contributed by atoms with Crippen LogP contribution in [0.3, 0.4) is 0 Å². The van der Waals surface area contributed by atoms with Gasteiger partial charge in [-0.1, -0.05) is 308 Å². The van der Waals surface area contributed by atoms with Crippen molar-refractivity contribution in [2.45, 2.75) is 105 Å². The first-order valence-corrected chi connectivity index (χ1v) is 37.4. The van der Waals surface area contributed by atoms with Crippen molar-refractivity contribution in [2.75, 3.05) is 9.80 Å². The van der Waals surface area contributed by atoms with Gasteiger partial charge in [0.25, 0.3) is 6.71 Å². The Morgan fingerprint density at radius 2 is 0.552 bits per heavy atom. The van der Waals surface area contributed by atoms with Crippen LogP contribution in [0.25, 0.3) is 111 Å². The highest BCUT2D eigenvalue weighted by atomic mass is 15.2. The fourth-order valence-corrected chi connectivity index (χ4v) is 17.1. The summed E-state index contributed by atoms with van der Waals surface area (Å²) in [7, 11) is 0. The van der Waals surface area contributed by atoms with Gasteiger partial charge in [-0.15, -0.1) is 0 Å². The van der Waals surface area contributed by atoms with Crippen LogP contribution >= 0.6 is 0 Å². The fraction of sp³-hybridized carbons (Fsp3) is 0.160. The zero-order chi connectivity index (χ0) is 72.0. The lowest BCUT2D eigenvalue weighted by atomic mass is 9.33. The number of hydrogen-bond donors (Lipinski definition) is 0. The number of benzene rings is 14. The third kappa shape index (κ3) is 10.9. The van der Waals surface area contributed by atoms with Crippen LogP contribution < -0.4 is 26.2 Å². The molecule has 0 N–H and O–H groups in total. The van der Waals surface area contributed by atoms with E-state index in [-0.39, 0.29) is 28.4 Å². The van der Waals surface area contributed by atoms with Gasteiger partial charge in [0, 0.05) is 77.9 Å². The van der Waals surface area contributed by atoms with Gasteiger partial charge >= 0.3 is 0 Å². The van der Waals surface area contributed by atoms with Gasteiger partial charge in [0.05, 0.1) is 33.4 Å².